The van der Waals surface area contributed by atoms with Crippen molar-refractivity contribution < 1.29 is 24.5 Å². The van der Waals surface area contributed by atoms with E-state index in [4.69, 9.17) is 9.47 Å². The van der Waals surface area contributed by atoms with Gasteiger partial charge in [-0.1, -0.05) is 27.7 Å². The van der Waals surface area contributed by atoms with Crippen molar-refractivity contribution in [2.75, 3.05) is 6.61 Å². The molecule has 1 spiro atoms. The minimum atomic E-state index is -0.657. The number of ketones is 1. The average Bonchev–Trinajstić information content (AvgIpc) is 3.19. The molecule has 4 aliphatic carbocycles. The van der Waals surface area contributed by atoms with Gasteiger partial charge >= 0.3 is 0 Å². The highest BCUT2D eigenvalue weighted by Gasteiger charge is 2.71. The summed E-state index contributed by atoms with van der Waals surface area (Å²) in [5.74, 6) is 2.64. The number of hydrogen-bond donors (Lipinski definition) is 2. The summed E-state index contributed by atoms with van der Waals surface area (Å²) in [6, 6.07) is 0. The summed E-state index contributed by atoms with van der Waals surface area (Å²) in [5.41, 5.74) is -0.371. The summed E-state index contributed by atoms with van der Waals surface area (Å²) in [4.78, 5) is 14.0. The number of ether oxygens (including phenoxy) is 2. The highest BCUT2D eigenvalue weighted by Crippen LogP contribution is 2.70. The van der Waals surface area contributed by atoms with Crippen LogP contribution < -0.4 is 0 Å². The standard InChI is InChI=1S/C27H42O5/c1-14-7-8-27(31-13-14)15(2)24-22(32-27)10-19-17-6-5-16-9-20(28)21(29)12-25(16,3)18(17)11-23(30)26(19,24)4/h14-22,24,28-29H,5-13H2,1-4H3/t14-,15-,16-,17-,18+,19+,20-,21+,22+,24+,25+,26-,27-/m1/s1. The highest BCUT2D eigenvalue weighted by atomic mass is 16.7. The van der Waals surface area contributed by atoms with Gasteiger partial charge in [-0.2, -0.15) is 0 Å². The van der Waals surface area contributed by atoms with Crippen LogP contribution in [0.5, 0.6) is 0 Å². The first kappa shape index (κ1) is 22.0. The Hall–Kier alpha value is -0.490. The molecule has 6 aliphatic rings. The Morgan fingerprint density at radius 2 is 1.78 bits per heavy atom. The predicted octanol–water partition coefficient (Wildman–Crippen LogP) is 3.94. The molecule has 2 N–H and O–H groups in total. The molecule has 0 aromatic carbocycles. The maximum Gasteiger partial charge on any atom is 0.171 e. The van der Waals surface area contributed by atoms with E-state index in [0.29, 0.717) is 54.6 Å². The largest absolute Gasteiger partial charge is 0.390 e. The third-order valence-corrected chi connectivity index (χ3v) is 11.8. The van der Waals surface area contributed by atoms with E-state index in [0.717, 1.165) is 38.7 Å². The summed E-state index contributed by atoms with van der Waals surface area (Å²) < 4.78 is 13.2. The van der Waals surface area contributed by atoms with Crippen molar-refractivity contribution in [2.45, 2.75) is 103 Å². The fourth-order valence-electron chi connectivity index (χ4n) is 9.97. The minimum Gasteiger partial charge on any atom is -0.390 e. The molecule has 2 heterocycles. The fraction of sp³-hybridized carbons (Fsp3) is 0.963. The molecular formula is C27H42O5. The molecule has 2 aliphatic heterocycles. The number of Topliss-reactive ketones (excluding diaryl/α,β-unsaturated/α-hetero) is 1. The molecule has 0 aromatic rings. The lowest BCUT2D eigenvalue weighted by molar-refractivity contribution is -0.272. The van der Waals surface area contributed by atoms with Crippen LogP contribution in [0.2, 0.25) is 0 Å². The van der Waals surface area contributed by atoms with Crippen molar-refractivity contribution in [1.29, 1.82) is 0 Å². The van der Waals surface area contributed by atoms with Crippen LogP contribution in [0.15, 0.2) is 0 Å². The van der Waals surface area contributed by atoms with Crippen LogP contribution in [-0.4, -0.2) is 46.7 Å². The summed E-state index contributed by atoms with van der Waals surface area (Å²) in [6.45, 7) is 9.86. The normalized spacial score (nSPS) is 61.8. The Morgan fingerprint density at radius 3 is 2.50 bits per heavy atom. The number of rotatable bonds is 0. The number of carbonyl (C=O) groups is 1. The summed E-state index contributed by atoms with van der Waals surface area (Å²) in [6.07, 6.45) is 6.12. The molecule has 13 atom stereocenters. The van der Waals surface area contributed by atoms with E-state index in [9.17, 15) is 15.0 Å². The number of hydrogen-bond acceptors (Lipinski definition) is 5. The van der Waals surface area contributed by atoms with Crippen LogP contribution in [-0.2, 0) is 14.3 Å². The Labute approximate surface area is 192 Å². The van der Waals surface area contributed by atoms with Gasteiger partial charge in [0.1, 0.15) is 5.78 Å². The molecule has 5 nitrogen and oxygen atoms in total. The second kappa shape index (κ2) is 7.02. The zero-order valence-electron chi connectivity index (χ0n) is 20.3. The van der Waals surface area contributed by atoms with Crippen LogP contribution in [0, 0.1) is 52.3 Å². The van der Waals surface area contributed by atoms with E-state index >= 15 is 0 Å². The maximum absolute atomic E-state index is 14.0. The summed E-state index contributed by atoms with van der Waals surface area (Å²) in [7, 11) is 0. The molecule has 0 amide bonds. The molecule has 0 bridgehead atoms. The van der Waals surface area contributed by atoms with Crippen molar-refractivity contribution in [3.8, 4) is 0 Å². The van der Waals surface area contributed by atoms with Crippen LogP contribution in [0.25, 0.3) is 0 Å². The van der Waals surface area contributed by atoms with Gasteiger partial charge < -0.3 is 19.7 Å². The molecule has 0 aromatic heterocycles. The molecule has 5 heteroatoms. The molecule has 0 unspecified atom stereocenters. The van der Waals surface area contributed by atoms with Crippen LogP contribution >= 0.6 is 0 Å². The third kappa shape index (κ3) is 2.69. The zero-order valence-corrected chi connectivity index (χ0v) is 20.3. The monoisotopic (exact) mass is 446 g/mol. The SMILES string of the molecule is C[C@@H]1CC[C@@]2(OC1)O[C@H]1C[C@H]3[C@@H]4CC[C@@H]5C[C@@H](O)[C@@H](O)C[C@]5(C)[C@H]4CC(=O)[C@]3(C)[C@H]1[C@H]2C. The minimum absolute atomic E-state index is 0.0490. The number of fused-ring (bicyclic) bond motifs is 7. The zero-order chi connectivity index (χ0) is 22.6. The van der Waals surface area contributed by atoms with Gasteiger partial charge in [0.15, 0.2) is 5.79 Å². The number of carbonyl (C=O) groups excluding carboxylic acids is 1. The lowest BCUT2D eigenvalue weighted by atomic mass is 9.43. The summed E-state index contributed by atoms with van der Waals surface area (Å²) in [5, 5.41) is 20.8. The van der Waals surface area contributed by atoms with Gasteiger partial charge in [-0.3, -0.25) is 4.79 Å². The second-order valence-corrected chi connectivity index (χ2v) is 13.1. The van der Waals surface area contributed by atoms with Gasteiger partial charge in [0.2, 0.25) is 0 Å². The lowest BCUT2D eigenvalue weighted by Crippen LogP contribution is -2.59. The molecule has 32 heavy (non-hydrogen) atoms. The molecule has 2 saturated heterocycles. The number of aliphatic hydroxyl groups is 2. The highest BCUT2D eigenvalue weighted by molar-refractivity contribution is 5.87. The van der Waals surface area contributed by atoms with Crippen molar-refractivity contribution in [3.63, 3.8) is 0 Å². The van der Waals surface area contributed by atoms with Gasteiger partial charge in [0.05, 0.1) is 24.9 Å². The van der Waals surface area contributed by atoms with Crippen molar-refractivity contribution in [2.24, 2.45) is 52.3 Å². The van der Waals surface area contributed by atoms with E-state index in [1.807, 2.05) is 0 Å². The topological polar surface area (TPSA) is 76.0 Å². The number of aliphatic hydroxyl groups excluding tert-OH is 2. The van der Waals surface area contributed by atoms with Crippen LogP contribution in [0.1, 0.15) is 79.1 Å². The van der Waals surface area contributed by atoms with Crippen LogP contribution in [0.4, 0.5) is 0 Å². The maximum atomic E-state index is 14.0. The van der Waals surface area contributed by atoms with Crippen molar-refractivity contribution >= 4 is 5.78 Å². The molecule has 6 rings (SSSR count). The van der Waals surface area contributed by atoms with E-state index in [1.54, 1.807) is 0 Å². The Kier molecular flexibility index (Phi) is 4.83. The Bertz CT molecular complexity index is 789. The second-order valence-electron chi connectivity index (χ2n) is 13.1. The van der Waals surface area contributed by atoms with Gasteiger partial charge in [0.25, 0.3) is 0 Å². The molecular weight excluding hydrogens is 404 g/mol. The van der Waals surface area contributed by atoms with Crippen LogP contribution in [0.3, 0.4) is 0 Å². The van der Waals surface area contributed by atoms with E-state index in [2.05, 4.69) is 27.7 Å². The van der Waals surface area contributed by atoms with Crippen molar-refractivity contribution in [3.05, 3.63) is 0 Å². The Balaban J connectivity index is 1.30. The van der Waals surface area contributed by atoms with E-state index < -0.39 is 18.0 Å². The van der Waals surface area contributed by atoms with Crippen molar-refractivity contribution in [1.82, 2.24) is 0 Å². The average molecular weight is 447 g/mol. The molecule has 4 saturated carbocycles. The summed E-state index contributed by atoms with van der Waals surface area (Å²) >= 11 is 0. The van der Waals surface area contributed by atoms with Gasteiger partial charge in [-0.25, -0.2) is 0 Å². The van der Waals surface area contributed by atoms with Gasteiger partial charge in [-0.15, -0.1) is 0 Å². The first-order valence-electron chi connectivity index (χ1n) is 13.3. The quantitative estimate of drug-likeness (QED) is 0.589. The van der Waals surface area contributed by atoms with E-state index in [-0.39, 0.29) is 28.8 Å². The molecule has 0 radical (unpaired) electrons. The third-order valence-electron chi connectivity index (χ3n) is 11.8. The van der Waals surface area contributed by atoms with Gasteiger partial charge in [0, 0.05) is 30.1 Å². The molecule has 6 fully saturated rings. The fourth-order valence-corrected chi connectivity index (χ4v) is 9.97. The smallest absolute Gasteiger partial charge is 0.171 e. The molecule has 180 valence electrons. The predicted molar refractivity (Wildman–Crippen MR) is 120 cm³/mol. The first-order chi connectivity index (χ1) is 15.1. The lowest BCUT2D eigenvalue weighted by Gasteiger charge is -2.61. The first-order valence-corrected chi connectivity index (χ1v) is 13.3. The Morgan fingerprint density at radius 1 is 1.00 bits per heavy atom. The van der Waals surface area contributed by atoms with Gasteiger partial charge in [-0.05, 0) is 73.5 Å². The van der Waals surface area contributed by atoms with E-state index in [1.165, 1.54) is 0 Å².